The molecule has 2 aromatic carbocycles. The molecule has 2 heterocycles. The second-order valence-electron chi connectivity index (χ2n) is 6.45. The molecular formula is C20H20N4O5. The van der Waals surface area contributed by atoms with Gasteiger partial charge in [0.15, 0.2) is 11.5 Å². The number of nitrogens with one attached hydrogen (secondary N) is 1. The minimum atomic E-state index is -0.785. The van der Waals surface area contributed by atoms with Crippen LogP contribution >= 0.6 is 0 Å². The predicted octanol–water partition coefficient (Wildman–Crippen LogP) is 1.68. The van der Waals surface area contributed by atoms with Gasteiger partial charge in [0, 0.05) is 6.54 Å². The highest BCUT2D eigenvalue weighted by atomic mass is 16.7. The van der Waals surface area contributed by atoms with Crippen LogP contribution in [0, 0.1) is 0 Å². The van der Waals surface area contributed by atoms with Gasteiger partial charge in [0.1, 0.15) is 12.1 Å². The molecule has 1 aliphatic heterocycles. The number of amides is 1. The van der Waals surface area contributed by atoms with Gasteiger partial charge in [-0.15, -0.1) is 5.10 Å². The largest absolute Gasteiger partial charge is 0.497 e. The first-order valence-electron chi connectivity index (χ1n) is 9.00. The summed E-state index contributed by atoms with van der Waals surface area (Å²) in [5, 5.41) is 17.3. The first-order valence-corrected chi connectivity index (χ1v) is 9.00. The van der Waals surface area contributed by atoms with Crippen molar-refractivity contribution in [3.8, 4) is 17.2 Å². The highest BCUT2D eigenvalue weighted by molar-refractivity contribution is 5.90. The van der Waals surface area contributed by atoms with Crippen LogP contribution in [0.5, 0.6) is 17.2 Å². The third-order valence-corrected chi connectivity index (χ3v) is 4.49. The van der Waals surface area contributed by atoms with E-state index in [9.17, 15) is 9.90 Å². The number of carbonyl (C=O) groups excluding carboxylic acids is 1. The number of nitrogens with zero attached hydrogens (tertiary/aromatic N) is 3. The van der Waals surface area contributed by atoms with Crippen LogP contribution in [0.25, 0.3) is 0 Å². The lowest BCUT2D eigenvalue weighted by Gasteiger charge is -2.11. The van der Waals surface area contributed by atoms with Gasteiger partial charge < -0.3 is 24.6 Å². The van der Waals surface area contributed by atoms with Crippen LogP contribution in [-0.4, -0.2) is 39.7 Å². The highest BCUT2D eigenvalue weighted by Gasteiger charge is 2.16. The number of carbonyl (C=O) groups is 1. The molecule has 0 saturated carbocycles. The number of hydrogen-bond donors (Lipinski definition) is 2. The minimum absolute atomic E-state index is 0.0349. The Kier molecular flexibility index (Phi) is 5.30. The Labute approximate surface area is 166 Å². The second kappa shape index (κ2) is 8.19. The molecule has 1 aliphatic rings. The number of aliphatic hydroxyl groups is 1. The molecule has 0 spiro atoms. The van der Waals surface area contributed by atoms with E-state index in [0.29, 0.717) is 23.8 Å². The van der Waals surface area contributed by atoms with Crippen molar-refractivity contribution in [2.45, 2.75) is 19.2 Å². The first kappa shape index (κ1) is 18.8. The highest BCUT2D eigenvalue weighted by Crippen LogP contribution is 2.32. The molecule has 9 heteroatoms. The lowest BCUT2D eigenvalue weighted by molar-refractivity contribution is 0.0938. The molecule has 3 aromatic rings. The maximum atomic E-state index is 12.3. The van der Waals surface area contributed by atoms with E-state index in [1.165, 1.54) is 11.0 Å². The third-order valence-electron chi connectivity index (χ3n) is 4.49. The van der Waals surface area contributed by atoms with Gasteiger partial charge in [0.05, 0.1) is 19.8 Å². The average molecular weight is 396 g/mol. The molecule has 0 unspecified atom stereocenters. The fourth-order valence-electron chi connectivity index (χ4n) is 2.91. The Balaban J connectivity index is 1.33. The number of hydrogen-bond acceptors (Lipinski definition) is 7. The van der Waals surface area contributed by atoms with Crippen molar-refractivity contribution in [2.75, 3.05) is 13.9 Å². The normalized spacial score (nSPS) is 13.2. The molecule has 9 nitrogen and oxygen atoms in total. The molecule has 0 saturated heterocycles. The number of aromatic nitrogens is 3. The molecule has 0 fully saturated rings. The summed E-state index contributed by atoms with van der Waals surface area (Å²) in [5.41, 5.74) is 1.59. The van der Waals surface area contributed by atoms with E-state index in [0.717, 1.165) is 11.1 Å². The van der Waals surface area contributed by atoms with E-state index in [1.54, 1.807) is 37.4 Å². The molecule has 1 atom stereocenters. The van der Waals surface area contributed by atoms with Crippen molar-refractivity contribution in [3.05, 3.63) is 65.7 Å². The van der Waals surface area contributed by atoms with Gasteiger partial charge in [-0.2, -0.15) is 0 Å². The zero-order valence-corrected chi connectivity index (χ0v) is 15.7. The quantitative estimate of drug-likeness (QED) is 0.626. The van der Waals surface area contributed by atoms with E-state index in [2.05, 4.69) is 15.4 Å². The average Bonchev–Trinajstić information content (AvgIpc) is 3.41. The van der Waals surface area contributed by atoms with Crippen LogP contribution in [0.2, 0.25) is 0 Å². The Morgan fingerprint density at radius 2 is 2.03 bits per heavy atom. The van der Waals surface area contributed by atoms with E-state index in [1.807, 2.05) is 12.1 Å². The number of methoxy groups -OCH3 is 1. The zero-order chi connectivity index (χ0) is 20.2. The Bertz CT molecular complexity index is 1000. The monoisotopic (exact) mass is 396 g/mol. The van der Waals surface area contributed by atoms with Crippen LogP contribution in [0.3, 0.4) is 0 Å². The van der Waals surface area contributed by atoms with Gasteiger partial charge in [-0.3, -0.25) is 4.79 Å². The standard InChI is InChI=1S/C20H20N4O5/c1-27-15-5-3-14(4-6-15)16(25)10-24-11-22-19(23-24)20(26)21-9-13-2-7-17-18(8-13)29-12-28-17/h2-8,11,16,25H,9-10,12H2,1H3,(H,21,26)/t16-/m0/s1. The van der Waals surface area contributed by atoms with Crippen LogP contribution in [0.4, 0.5) is 0 Å². The maximum absolute atomic E-state index is 12.3. The molecular weight excluding hydrogens is 376 g/mol. The smallest absolute Gasteiger partial charge is 0.291 e. The molecule has 29 heavy (non-hydrogen) atoms. The second-order valence-corrected chi connectivity index (χ2v) is 6.45. The number of ether oxygens (including phenoxy) is 3. The number of fused-ring (bicyclic) bond motifs is 1. The van der Waals surface area contributed by atoms with Crippen molar-refractivity contribution >= 4 is 5.91 Å². The fourth-order valence-corrected chi connectivity index (χ4v) is 2.91. The maximum Gasteiger partial charge on any atom is 0.291 e. The molecule has 1 aromatic heterocycles. The molecule has 150 valence electrons. The predicted molar refractivity (Wildman–Crippen MR) is 102 cm³/mol. The van der Waals surface area contributed by atoms with Gasteiger partial charge in [0.2, 0.25) is 12.6 Å². The van der Waals surface area contributed by atoms with Gasteiger partial charge in [-0.1, -0.05) is 18.2 Å². The summed E-state index contributed by atoms with van der Waals surface area (Å²) in [6, 6.07) is 12.6. The number of rotatable bonds is 7. The third kappa shape index (κ3) is 4.30. The van der Waals surface area contributed by atoms with Gasteiger partial charge in [-0.25, -0.2) is 9.67 Å². The summed E-state index contributed by atoms with van der Waals surface area (Å²) in [7, 11) is 1.58. The summed E-state index contributed by atoms with van der Waals surface area (Å²) >= 11 is 0. The van der Waals surface area contributed by atoms with Crippen LogP contribution in [-0.2, 0) is 13.1 Å². The first-order chi connectivity index (χ1) is 14.1. The summed E-state index contributed by atoms with van der Waals surface area (Å²) in [6.07, 6.45) is 0.634. The van der Waals surface area contributed by atoms with E-state index in [4.69, 9.17) is 14.2 Å². The Morgan fingerprint density at radius 1 is 1.24 bits per heavy atom. The van der Waals surface area contributed by atoms with Crippen molar-refractivity contribution in [1.29, 1.82) is 0 Å². The Hall–Kier alpha value is -3.59. The van der Waals surface area contributed by atoms with Crippen molar-refractivity contribution < 1.29 is 24.1 Å². The van der Waals surface area contributed by atoms with Crippen molar-refractivity contribution in [3.63, 3.8) is 0 Å². The van der Waals surface area contributed by atoms with Gasteiger partial charge >= 0.3 is 0 Å². The number of aliphatic hydroxyl groups excluding tert-OH is 1. The van der Waals surface area contributed by atoms with Gasteiger partial charge in [0.25, 0.3) is 5.91 Å². The summed E-state index contributed by atoms with van der Waals surface area (Å²) < 4.78 is 17.1. The van der Waals surface area contributed by atoms with E-state index >= 15 is 0 Å². The summed E-state index contributed by atoms with van der Waals surface area (Å²) in [4.78, 5) is 16.3. The lowest BCUT2D eigenvalue weighted by atomic mass is 10.1. The SMILES string of the molecule is COc1ccc([C@@H](O)Cn2cnc(C(=O)NCc3ccc4c(c3)OCO4)n2)cc1. The lowest BCUT2D eigenvalue weighted by Crippen LogP contribution is -2.24. The molecule has 1 amide bonds. The molecule has 0 aliphatic carbocycles. The molecule has 0 bridgehead atoms. The van der Waals surface area contributed by atoms with Crippen LogP contribution in [0.15, 0.2) is 48.8 Å². The molecule has 2 N–H and O–H groups in total. The fraction of sp³-hybridized carbons (Fsp3) is 0.250. The summed E-state index contributed by atoms with van der Waals surface area (Å²) in [5.74, 6) is 1.69. The van der Waals surface area contributed by atoms with Crippen molar-refractivity contribution in [2.24, 2.45) is 0 Å². The van der Waals surface area contributed by atoms with E-state index in [-0.39, 0.29) is 19.2 Å². The van der Waals surface area contributed by atoms with Crippen LogP contribution < -0.4 is 19.5 Å². The minimum Gasteiger partial charge on any atom is -0.497 e. The van der Waals surface area contributed by atoms with Crippen LogP contribution in [0.1, 0.15) is 27.8 Å². The molecule has 4 rings (SSSR count). The van der Waals surface area contributed by atoms with Crippen molar-refractivity contribution in [1.82, 2.24) is 20.1 Å². The number of benzene rings is 2. The van der Waals surface area contributed by atoms with E-state index < -0.39 is 12.0 Å². The topological polar surface area (TPSA) is 108 Å². The summed E-state index contributed by atoms with van der Waals surface area (Å²) in [6.45, 7) is 0.683. The molecule has 0 radical (unpaired) electrons. The Morgan fingerprint density at radius 3 is 2.83 bits per heavy atom. The van der Waals surface area contributed by atoms with Gasteiger partial charge in [-0.05, 0) is 35.4 Å². The zero-order valence-electron chi connectivity index (χ0n) is 15.7.